The zero-order valence-corrected chi connectivity index (χ0v) is 12.9. The first-order chi connectivity index (χ1) is 10.2. The van der Waals surface area contributed by atoms with Gasteiger partial charge in [-0.15, -0.1) is 0 Å². The number of phenolic OH excluding ortho intramolecular Hbond substituents is 1. The lowest BCUT2D eigenvalue weighted by Crippen LogP contribution is -2.16. The number of aliphatic hydroxyl groups is 1. The highest BCUT2D eigenvalue weighted by atomic mass is 31.2. The Bertz CT molecular complexity index is 672. The summed E-state index contributed by atoms with van der Waals surface area (Å²) in [6.45, 7) is 1.96. The van der Waals surface area contributed by atoms with E-state index < -0.39 is 7.75 Å². The molecule has 0 heterocycles. The molecule has 1 aromatic rings. The zero-order chi connectivity index (χ0) is 16.3. The molecule has 0 aromatic heterocycles. The maximum absolute atomic E-state index is 11.1. The fraction of sp³-hybridized carbons (Fsp3) is 0.267. The third kappa shape index (κ3) is 4.56. The topological polar surface area (TPSA) is 110 Å². The summed E-state index contributed by atoms with van der Waals surface area (Å²) >= 11 is 0. The lowest BCUT2D eigenvalue weighted by atomic mass is 9.85. The molecular formula is C15H18NO5P. The van der Waals surface area contributed by atoms with Crippen LogP contribution in [0.25, 0.3) is 0 Å². The molecule has 1 aliphatic carbocycles. The number of phenols is 1. The Balaban J connectivity index is 2.21. The largest absolute Gasteiger partial charge is 0.508 e. The zero-order valence-electron chi connectivity index (χ0n) is 12.0. The number of hydrogen-bond donors (Lipinski definition) is 4. The Morgan fingerprint density at radius 2 is 1.82 bits per heavy atom. The van der Waals surface area contributed by atoms with E-state index in [1.165, 1.54) is 18.2 Å². The van der Waals surface area contributed by atoms with Gasteiger partial charge < -0.3 is 20.0 Å². The van der Waals surface area contributed by atoms with Crippen LogP contribution >= 0.6 is 7.75 Å². The number of hydrogen-bond acceptors (Lipinski definition) is 3. The van der Waals surface area contributed by atoms with E-state index in [1.807, 2.05) is 6.92 Å². The van der Waals surface area contributed by atoms with E-state index in [0.29, 0.717) is 6.42 Å². The van der Waals surface area contributed by atoms with Crippen LogP contribution in [0, 0.1) is 5.92 Å². The number of rotatable bonds is 4. The van der Waals surface area contributed by atoms with Crippen molar-refractivity contribution in [3.8, 4) is 5.75 Å². The average molecular weight is 323 g/mol. The van der Waals surface area contributed by atoms with E-state index in [2.05, 4.69) is 4.76 Å². The summed E-state index contributed by atoms with van der Waals surface area (Å²) < 4.78 is 14.5. The van der Waals surface area contributed by atoms with Crippen molar-refractivity contribution in [3.05, 3.63) is 53.8 Å². The minimum atomic E-state index is -4.52. The quantitative estimate of drug-likeness (QED) is 0.637. The first-order valence-electron chi connectivity index (χ1n) is 6.78. The third-order valence-electron chi connectivity index (χ3n) is 3.49. The molecule has 6 nitrogen and oxygen atoms in total. The van der Waals surface area contributed by atoms with Gasteiger partial charge in [-0.1, -0.05) is 19.1 Å². The second-order valence-corrected chi connectivity index (χ2v) is 6.52. The van der Waals surface area contributed by atoms with Gasteiger partial charge in [-0.05, 0) is 48.3 Å². The van der Waals surface area contributed by atoms with Gasteiger partial charge >= 0.3 is 7.75 Å². The molecule has 0 saturated carbocycles. The van der Waals surface area contributed by atoms with Gasteiger partial charge in [0.1, 0.15) is 11.5 Å². The van der Waals surface area contributed by atoms with Crippen molar-refractivity contribution in [1.29, 1.82) is 0 Å². The van der Waals surface area contributed by atoms with Gasteiger partial charge in [-0.25, -0.2) is 4.57 Å². The highest BCUT2D eigenvalue weighted by molar-refractivity contribution is 7.50. The summed E-state index contributed by atoms with van der Waals surface area (Å²) in [5, 5.41) is 18.9. The molecule has 118 valence electrons. The molecule has 0 saturated heterocycles. The molecule has 2 unspecified atom stereocenters. The van der Waals surface area contributed by atoms with Gasteiger partial charge in [0.05, 0.1) is 5.71 Å². The average Bonchev–Trinajstić information content (AvgIpc) is 2.41. The van der Waals surface area contributed by atoms with Crippen molar-refractivity contribution in [2.75, 3.05) is 0 Å². The summed E-state index contributed by atoms with van der Waals surface area (Å²) in [4.78, 5) is 18.0. The van der Waals surface area contributed by atoms with Gasteiger partial charge in [0.15, 0.2) is 0 Å². The third-order valence-corrected chi connectivity index (χ3v) is 3.98. The minimum Gasteiger partial charge on any atom is -0.508 e. The molecule has 0 aliphatic heterocycles. The van der Waals surface area contributed by atoms with Crippen LogP contribution in [-0.2, 0) is 4.57 Å². The van der Waals surface area contributed by atoms with Crippen LogP contribution in [0.1, 0.15) is 24.8 Å². The van der Waals surface area contributed by atoms with Crippen LogP contribution in [0.2, 0.25) is 0 Å². The number of nitrogens with zero attached hydrogens (tertiary/aromatic N) is 1. The Labute approximate surface area is 128 Å². The maximum atomic E-state index is 11.1. The Morgan fingerprint density at radius 1 is 1.18 bits per heavy atom. The van der Waals surface area contributed by atoms with Crippen LogP contribution in [0.15, 0.2) is 53.0 Å². The van der Waals surface area contributed by atoms with Gasteiger partial charge in [-0.3, -0.25) is 0 Å². The molecule has 1 aromatic carbocycles. The Morgan fingerprint density at radius 3 is 2.41 bits per heavy atom. The first kappa shape index (κ1) is 16.5. The van der Waals surface area contributed by atoms with Gasteiger partial charge in [0.25, 0.3) is 0 Å². The summed E-state index contributed by atoms with van der Waals surface area (Å²) in [6, 6.07) is 6.76. The van der Waals surface area contributed by atoms with Crippen molar-refractivity contribution < 1.29 is 24.6 Å². The van der Waals surface area contributed by atoms with Gasteiger partial charge in [0, 0.05) is 5.92 Å². The molecule has 1 aliphatic rings. The van der Waals surface area contributed by atoms with Crippen molar-refractivity contribution in [2.45, 2.75) is 19.3 Å². The molecular weight excluding hydrogens is 305 g/mol. The van der Waals surface area contributed by atoms with Crippen LogP contribution in [-0.4, -0.2) is 25.7 Å². The number of aromatic hydroxyl groups is 1. The summed E-state index contributed by atoms with van der Waals surface area (Å²) in [5.41, 5.74) is 1.23. The lowest BCUT2D eigenvalue weighted by Gasteiger charge is -2.21. The molecule has 7 heteroatoms. The second-order valence-electron chi connectivity index (χ2n) is 5.30. The monoisotopic (exact) mass is 323 g/mol. The van der Waals surface area contributed by atoms with Crippen LogP contribution < -0.4 is 0 Å². The Kier molecular flexibility index (Phi) is 4.86. The lowest BCUT2D eigenvalue weighted by molar-refractivity contribution is 0.374. The predicted octanol–water partition coefficient (Wildman–Crippen LogP) is 3.05. The van der Waals surface area contributed by atoms with E-state index in [-0.39, 0.29) is 29.1 Å². The van der Waals surface area contributed by atoms with E-state index >= 15 is 0 Å². The minimum absolute atomic E-state index is 0.0487. The predicted molar refractivity (Wildman–Crippen MR) is 84.0 cm³/mol. The number of allylic oxidation sites excluding steroid dienone is 3. The van der Waals surface area contributed by atoms with E-state index in [9.17, 15) is 14.8 Å². The van der Waals surface area contributed by atoms with Crippen molar-refractivity contribution in [3.63, 3.8) is 0 Å². The summed E-state index contributed by atoms with van der Waals surface area (Å²) in [7, 11) is -4.52. The van der Waals surface area contributed by atoms with E-state index in [4.69, 9.17) is 9.79 Å². The highest BCUT2D eigenvalue weighted by Crippen LogP contribution is 2.39. The summed E-state index contributed by atoms with van der Waals surface area (Å²) in [6.07, 6.45) is 4.84. The fourth-order valence-electron chi connectivity index (χ4n) is 2.41. The normalized spacial score (nSPS) is 21.7. The standard InChI is InChI=1S/C15H18NO5P/c1-10(11-2-4-13(17)5-3-11)8-12-9-14(18)6-7-15(12)16-22(19,20)21/h2-7,9-10,12,17-18H,8H2,1H3,(H2,19,20,21). The molecule has 0 spiro atoms. The summed E-state index contributed by atoms with van der Waals surface area (Å²) in [5.74, 6) is -0.102. The molecule has 0 amide bonds. The van der Waals surface area contributed by atoms with Crippen LogP contribution in [0.3, 0.4) is 0 Å². The van der Waals surface area contributed by atoms with Crippen molar-refractivity contribution in [2.24, 2.45) is 10.7 Å². The molecule has 2 rings (SSSR count). The van der Waals surface area contributed by atoms with E-state index in [0.717, 1.165) is 5.56 Å². The second kappa shape index (κ2) is 6.48. The van der Waals surface area contributed by atoms with Crippen molar-refractivity contribution >= 4 is 13.5 Å². The number of aliphatic hydroxyl groups excluding tert-OH is 1. The van der Waals surface area contributed by atoms with Crippen LogP contribution in [0.5, 0.6) is 5.75 Å². The van der Waals surface area contributed by atoms with E-state index in [1.54, 1.807) is 24.3 Å². The van der Waals surface area contributed by atoms with Crippen molar-refractivity contribution in [1.82, 2.24) is 0 Å². The molecule has 0 fully saturated rings. The van der Waals surface area contributed by atoms with Gasteiger partial charge in [0.2, 0.25) is 0 Å². The molecule has 0 bridgehead atoms. The molecule has 0 radical (unpaired) electrons. The first-order valence-corrected chi connectivity index (χ1v) is 8.34. The fourth-order valence-corrected chi connectivity index (χ4v) is 2.92. The Hall–Kier alpha value is -1.88. The molecule has 4 N–H and O–H groups in total. The van der Waals surface area contributed by atoms with Crippen LogP contribution in [0.4, 0.5) is 0 Å². The smallest absolute Gasteiger partial charge is 0.448 e. The van der Waals surface area contributed by atoms with Gasteiger partial charge in [-0.2, -0.15) is 4.76 Å². The SMILES string of the molecule is CC(CC1C=C(O)C=CC1=NP(=O)(O)O)c1ccc(O)cc1. The molecule has 2 atom stereocenters. The highest BCUT2D eigenvalue weighted by Gasteiger charge is 2.23. The number of benzene rings is 1. The molecule has 22 heavy (non-hydrogen) atoms. The maximum Gasteiger partial charge on any atom is 0.448 e.